The molecule has 0 atom stereocenters. The summed E-state index contributed by atoms with van der Waals surface area (Å²) in [5.41, 5.74) is 5.23. The number of aryl methyl sites for hydroxylation is 4. The zero-order valence-electron chi connectivity index (χ0n) is 19.4. The van der Waals surface area contributed by atoms with Crippen molar-refractivity contribution in [1.82, 2.24) is 9.55 Å². The molecule has 5 rings (SSSR count). The first-order chi connectivity index (χ1) is 16.5. The summed E-state index contributed by atoms with van der Waals surface area (Å²) in [5.74, 6) is 0.0774. The topological polar surface area (TPSA) is 64.0 Å². The molecule has 1 N–H and O–H groups in total. The fraction of sp³-hybridized carbons (Fsp3) is 0.296. The normalized spacial score (nSPS) is 13.1. The molecular weight excluding hydrogens is 462 g/mol. The third-order valence-corrected chi connectivity index (χ3v) is 8.37. The summed E-state index contributed by atoms with van der Waals surface area (Å²) in [4.78, 5) is 33.5. The maximum absolute atomic E-state index is 13.7. The highest BCUT2D eigenvalue weighted by Crippen LogP contribution is 2.35. The molecule has 174 valence electrons. The van der Waals surface area contributed by atoms with Crippen LogP contribution >= 0.6 is 23.1 Å². The zero-order valence-corrected chi connectivity index (χ0v) is 21.0. The largest absolute Gasteiger partial charge is 0.325 e. The highest BCUT2D eigenvalue weighted by atomic mass is 32.2. The van der Waals surface area contributed by atoms with Crippen LogP contribution in [-0.2, 0) is 24.2 Å². The average Bonchev–Trinajstić information content (AvgIpc) is 3.21. The van der Waals surface area contributed by atoms with E-state index in [2.05, 4.69) is 5.32 Å². The lowest BCUT2D eigenvalue weighted by atomic mass is 9.97. The summed E-state index contributed by atoms with van der Waals surface area (Å²) < 4.78 is 1.74. The molecule has 1 aliphatic rings. The SMILES string of the molecule is Cc1ccc(NC(=O)CSc2nc3sc4c(c3c(=O)n2Cc2ccccc2)CCCC4)c(C)c1. The molecule has 0 saturated carbocycles. The van der Waals surface area contributed by atoms with Gasteiger partial charge < -0.3 is 5.32 Å². The third-order valence-electron chi connectivity index (χ3n) is 6.21. The number of hydrogen-bond acceptors (Lipinski definition) is 5. The van der Waals surface area contributed by atoms with E-state index in [1.165, 1.54) is 22.2 Å². The van der Waals surface area contributed by atoms with Crippen LogP contribution in [0.15, 0.2) is 58.5 Å². The van der Waals surface area contributed by atoms with E-state index in [1.807, 2.05) is 62.4 Å². The first-order valence-electron chi connectivity index (χ1n) is 11.6. The monoisotopic (exact) mass is 489 g/mol. The molecule has 0 fully saturated rings. The maximum Gasteiger partial charge on any atom is 0.263 e. The first-order valence-corrected chi connectivity index (χ1v) is 13.4. The lowest BCUT2D eigenvalue weighted by Gasteiger charge is -2.14. The Balaban J connectivity index is 1.46. The summed E-state index contributed by atoms with van der Waals surface area (Å²) >= 11 is 2.97. The van der Waals surface area contributed by atoms with Gasteiger partial charge in [-0.25, -0.2) is 4.98 Å². The molecule has 4 aromatic rings. The van der Waals surface area contributed by atoms with E-state index in [1.54, 1.807) is 15.9 Å². The number of carbonyl (C=O) groups excluding carboxylic acids is 1. The number of hydrogen-bond donors (Lipinski definition) is 1. The van der Waals surface area contributed by atoms with Crippen LogP contribution in [0, 0.1) is 13.8 Å². The Bertz CT molecular complexity index is 1420. The van der Waals surface area contributed by atoms with Crippen molar-refractivity contribution in [3.63, 3.8) is 0 Å². The molecule has 0 spiro atoms. The molecule has 0 radical (unpaired) electrons. The summed E-state index contributed by atoms with van der Waals surface area (Å²) in [5, 5.41) is 4.37. The fourth-order valence-corrected chi connectivity index (χ4v) is 6.61. The van der Waals surface area contributed by atoms with Gasteiger partial charge in [0, 0.05) is 10.6 Å². The molecule has 34 heavy (non-hydrogen) atoms. The Morgan fingerprint density at radius 1 is 1.12 bits per heavy atom. The van der Waals surface area contributed by atoms with Crippen LogP contribution < -0.4 is 10.9 Å². The second kappa shape index (κ2) is 9.76. The van der Waals surface area contributed by atoms with Crippen LogP contribution in [0.1, 0.15) is 40.0 Å². The first kappa shape index (κ1) is 22.9. The number of aromatic nitrogens is 2. The van der Waals surface area contributed by atoms with Crippen LogP contribution in [0.25, 0.3) is 10.2 Å². The summed E-state index contributed by atoms with van der Waals surface area (Å²) in [6, 6.07) is 15.9. The van der Waals surface area contributed by atoms with Crippen LogP contribution in [0.4, 0.5) is 5.69 Å². The van der Waals surface area contributed by atoms with E-state index in [0.717, 1.165) is 58.3 Å². The fourth-order valence-electron chi connectivity index (χ4n) is 4.51. The molecule has 2 aromatic heterocycles. The number of anilines is 1. The van der Waals surface area contributed by atoms with E-state index in [-0.39, 0.29) is 17.2 Å². The molecule has 5 nitrogen and oxygen atoms in total. The van der Waals surface area contributed by atoms with E-state index in [4.69, 9.17) is 4.98 Å². The number of amides is 1. The van der Waals surface area contributed by atoms with Gasteiger partial charge in [-0.15, -0.1) is 11.3 Å². The van der Waals surface area contributed by atoms with Gasteiger partial charge in [-0.05, 0) is 62.3 Å². The van der Waals surface area contributed by atoms with Crippen LogP contribution in [-0.4, -0.2) is 21.2 Å². The van der Waals surface area contributed by atoms with E-state index < -0.39 is 0 Å². The number of rotatable bonds is 6. The molecule has 0 saturated heterocycles. The third kappa shape index (κ3) is 4.68. The lowest BCUT2D eigenvalue weighted by Crippen LogP contribution is -2.25. The molecule has 0 aliphatic heterocycles. The summed E-state index contributed by atoms with van der Waals surface area (Å²) in [7, 11) is 0. The highest BCUT2D eigenvalue weighted by molar-refractivity contribution is 7.99. The minimum Gasteiger partial charge on any atom is -0.325 e. The lowest BCUT2D eigenvalue weighted by molar-refractivity contribution is -0.113. The van der Waals surface area contributed by atoms with Crippen molar-refractivity contribution in [2.45, 2.75) is 51.2 Å². The Morgan fingerprint density at radius 2 is 1.91 bits per heavy atom. The molecular formula is C27H27N3O2S2. The predicted molar refractivity (Wildman–Crippen MR) is 141 cm³/mol. The Kier molecular flexibility index (Phi) is 6.57. The average molecular weight is 490 g/mol. The van der Waals surface area contributed by atoms with Gasteiger partial charge in [0.15, 0.2) is 5.16 Å². The van der Waals surface area contributed by atoms with Crippen molar-refractivity contribution in [1.29, 1.82) is 0 Å². The standard InChI is InChI=1S/C27H27N3O2S2/c1-17-12-13-21(18(2)14-17)28-23(31)16-33-27-29-25-24(20-10-6-7-11-22(20)34-25)26(32)30(27)15-19-8-4-3-5-9-19/h3-5,8-9,12-14H,6-7,10-11,15-16H2,1-2H3,(H,28,31). The van der Waals surface area contributed by atoms with Gasteiger partial charge in [0.1, 0.15) is 4.83 Å². The molecule has 1 amide bonds. The number of benzene rings is 2. The molecule has 2 heterocycles. The second-order valence-electron chi connectivity index (χ2n) is 8.82. The number of nitrogens with one attached hydrogen (secondary N) is 1. The zero-order chi connectivity index (χ0) is 23.7. The van der Waals surface area contributed by atoms with Gasteiger partial charge in [-0.1, -0.05) is 59.8 Å². The van der Waals surface area contributed by atoms with Crippen LogP contribution in [0.2, 0.25) is 0 Å². The number of thioether (sulfide) groups is 1. The van der Waals surface area contributed by atoms with Crippen molar-refractivity contribution >= 4 is 44.9 Å². The van der Waals surface area contributed by atoms with Crippen molar-refractivity contribution in [3.05, 3.63) is 86.0 Å². The van der Waals surface area contributed by atoms with Crippen molar-refractivity contribution in [3.8, 4) is 0 Å². The van der Waals surface area contributed by atoms with Gasteiger partial charge >= 0.3 is 0 Å². The molecule has 0 bridgehead atoms. The van der Waals surface area contributed by atoms with Crippen molar-refractivity contribution in [2.75, 3.05) is 11.1 Å². The molecule has 0 unspecified atom stereocenters. The summed E-state index contributed by atoms with van der Waals surface area (Å²) in [6.45, 7) is 4.46. The van der Waals surface area contributed by atoms with Gasteiger partial charge in [0.25, 0.3) is 5.56 Å². The van der Waals surface area contributed by atoms with Crippen molar-refractivity contribution < 1.29 is 4.79 Å². The number of thiophene rings is 1. The van der Waals surface area contributed by atoms with Gasteiger partial charge in [-0.2, -0.15) is 0 Å². The minimum absolute atomic E-state index is 0.00513. The molecule has 2 aromatic carbocycles. The van der Waals surface area contributed by atoms with Gasteiger partial charge in [0.05, 0.1) is 17.7 Å². The van der Waals surface area contributed by atoms with E-state index in [9.17, 15) is 9.59 Å². The predicted octanol–water partition coefficient (Wildman–Crippen LogP) is 5.73. The Morgan fingerprint density at radius 3 is 2.71 bits per heavy atom. The summed E-state index contributed by atoms with van der Waals surface area (Å²) in [6.07, 6.45) is 4.25. The number of carbonyl (C=O) groups is 1. The Hall–Kier alpha value is -2.90. The second-order valence-corrected chi connectivity index (χ2v) is 10.8. The Labute approximate surface area is 207 Å². The van der Waals surface area contributed by atoms with Crippen molar-refractivity contribution in [2.24, 2.45) is 0 Å². The number of nitrogens with zero attached hydrogens (tertiary/aromatic N) is 2. The highest BCUT2D eigenvalue weighted by Gasteiger charge is 2.22. The van der Waals surface area contributed by atoms with Crippen LogP contribution in [0.5, 0.6) is 0 Å². The molecule has 1 aliphatic carbocycles. The maximum atomic E-state index is 13.7. The minimum atomic E-state index is -0.108. The smallest absolute Gasteiger partial charge is 0.263 e. The number of fused-ring (bicyclic) bond motifs is 3. The van der Waals surface area contributed by atoms with Gasteiger partial charge in [-0.3, -0.25) is 14.2 Å². The quantitative estimate of drug-likeness (QED) is 0.277. The van der Waals surface area contributed by atoms with E-state index >= 15 is 0 Å². The van der Waals surface area contributed by atoms with E-state index in [0.29, 0.717) is 11.7 Å². The molecule has 7 heteroatoms. The van der Waals surface area contributed by atoms with Gasteiger partial charge in [0.2, 0.25) is 5.91 Å². The van der Waals surface area contributed by atoms with Crippen LogP contribution in [0.3, 0.4) is 0 Å².